The van der Waals surface area contributed by atoms with Crippen LogP contribution in [0.2, 0.25) is 5.02 Å². The number of aryl methyl sites for hydroxylation is 1. The number of pyridine rings is 1. The van der Waals surface area contributed by atoms with Crippen LogP contribution in [0.4, 0.5) is 29.1 Å². The minimum absolute atomic E-state index is 0.120. The van der Waals surface area contributed by atoms with Gasteiger partial charge in [-0.1, -0.05) is 11.6 Å². The van der Waals surface area contributed by atoms with Crippen LogP contribution < -0.4 is 9.80 Å². The van der Waals surface area contributed by atoms with Gasteiger partial charge >= 0.3 is 6.18 Å². The van der Waals surface area contributed by atoms with Crippen LogP contribution in [0.5, 0.6) is 0 Å². The van der Waals surface area contributed by atoms with E-state index in [1.807, 2.05) is 0 Å². The highest BCUT2D eigenvalue weighted by molar-refractivity contribution is 8.17. The van der Waals surface area contributed by atoms with Crippen LogP contribution in [0, 0.1) is 12.7 Å². The predicted octanol–water partition coefficient (Wildman–Crippen LogP) is 3.07. The van der Waals surface area contributed by atoms with E-state index < -0.39 is 62.0 Å². The van der Waals surface area contributed by atoms with Gasteiger partial charge in [0.2, 0.25) is 0 Å². The number of aromatic nitrogens is 1. The number of amides is 2. The highest BCUT2D eigenvalue weighted by atomic mass is 35.5. The summed E-state index contributed by atoms with van der Waals surface area (Å²) in [6.07, 6.45) is -9.04. The molecular weight excluding hydrogens is 542 g/mol. The lowest BCUT2D eigenvalue weighted by Crippen LogP contribution is -2.55. The van der Waals surface area contributed by atoms with E-state index in [-0.39, 0.29) is 11.4 Å². The van der Waals surface area contributed by atoms with Gasteiger partial charge in [0.25, 0.3) is 11.8 Å². The molecule has 2 aromatic rings. The van der Waals surface area contributed by atoms with E-state index in [0.717, 1.165) is 24.3 Å². The largest absolute Gasteiger partial charge is 0.416 e. The van der Waals surface area contributed by atoms with Crippen molar-refractivity contribution >= 4 is 72.8 Å². The molecule has 0 radical (unpaired) electrons. The first kappa shape index (κ1) is 26.9. The topological polar surface area (TPSA) is 94.0 Å². The molecule has 1 aliphatic heterocycles. The van der Waals surface area contributed by atoms with Gasteiger partial charge in [0.1, 0.15) is 23.8 Å². The van der Waals surface area contributed by atoms with Crippen molar-refractivity contribution in [1.29, 1.82) is 0 Å². The molecule has 2 amide bonds. The minimum atomic E-state index is -4.81. The third-order valence-electron chi connectivity index (χ3n) is 4.86. The van der Waals surface area contributed by atoms with Crippen LogP contribution in [0.3, 0.4) is 0 Å². The Kier molecular flexibility index (Phi) is 7.43. The van der Waals surface area contributed by atoms with Crippen molar-refractivity contribution in [2.75, 3.05) is 9.80 Å². The van der Waals surface area contributed by atoms with Crippen LogP contribution in [0.1, 0.15) is 11.3 Å². The molecule has 0 unspecified atom stereocenters. The van der Waals surface area contributed by atoms with Crippen molar-refractivity contribution in [1.82, 2.24) is 4.98 Å². The molecule has 1 aromatic heterocycles. The highest BCUT2D eigenvalue weighted by Gasteiger charge is 2.54. The van der Waals surface area contributed by atoms with E-state index in [9.17, 15) is 37.4 Å². The molecule has 0 aliphatic carbocycles. The van der Waals surface area contributed by atoms with Crippen molar-refractivity contribution in [3.63, 3.8) is 0 Å². The Bertz CT molecular complexity index is 1150. The number of rotatable bonds is 4. The van der Waals surface area contributed by atoms with Crippen LogP contribution in [-0.4, -0.2) is 48.8 Å². The first-order valence-electron chi connectivity index (χ1n) is 9.25. The predicted molar refractivity (Wildman–Crippen MR) is 126 cm³/mol. The number of anilines is 2. The van der Waals surface area contributed by atoms with Gasteiger partial charge in [0, 0.05) is 11.4 Å². The van der Waals surface area contributed by atoms with E-state index in [0.29, 0.717) is 15.9 Å². The molecule has 3 atom stereocenters. The SMILES string of the molecule is Cc1cc(C(F)(F)F)cc(N2C(=O)[C@@H](O)[C@@H](O)[C@H]2C(=O)N(c2ccc(F)c(Cl)c2)C(S)(S)S)n1. The zero-order valence-electron chi connectivity index (χ0n) is 16.9. The molecule has 7 nitrogen and oxygen atoms in total. The number of hydrogen-bond donors (Lipinski definition) is 5. The molecule has 0 saturated carbocycles. The van der Waals surface area contributed by atoms with Gasteiger partial charge < -0.3 is 10.2 Å². The summed E-state index contributed by atoms with van der Waals surface area (Å²) in [4.78, 5) is 31.3. The van der Waals surface area contributed by atoms with Crippen molar-refractivity contribution in [3.05, 3.63) is 52.4 Å². The first-order chi connectivity index (χ1) is 15.5. The van der Waals surface area contributed by atoms with E-state index in [4.69, 9.17) is 11.6 Å². The molecule has 15 heteroatoms. The number of benzene rings is 1. The molecule has 1 fully saturated rings. The van der Waals surface area contributed by atoms with Crippen LogP contribution in [0.15, 0.2) is 30.3 Å². The Hall–Kier alpha value is -1.71. The quantitative estimate of drug-likeness (QED) is 0.226. The molecule has 3 rings (SSSR count). The van der Waals surface area contributed by atoms with E-state index >= 15 is 0 Å². The first-order valence-corrected chi connectivity index (χ1v) is 11.0. The second kappa shape index (κ2) is 9.39. The highest BCUT2D eigenvalue weighted by Crippen LogP contribution is 2.39. The van der Waals surface area contributed by atoms with Gasteiger partial charge in [-0.15, -0.1) is 37.9 Å². The summed E-state index contributed by atoms with van der Waals surface area (Å²) in [5, 5.41) is 20.3. The Morgan fingerprint density at radius 2 is 1.79 bits per heavy atom. The van der Waals surface area contributed by atoms with Crippen molar-refractivity contribution in [2.45, 2.75) is 34.9 Å². The normalized spacial score (nSPS) is 21.2. The molecule has 0 spiro atoms. The number of halogens is 5. The van der Waals surface area contributed by atoms with E-state index in [1.165, 1.54) is 6.92 Å². The minimum Gasteiger partial charge on any atom is -0.387 e. The van der Waals surface area contributed by atoms with Crippen molar-refractivity contribution < 1.29 is 37.4 Å². The lowest BCUT2D eigenvalue weighted by Gasteiger charge is -2.37. The second-order valence-electron chi connectivity index (χ2n) is 7.31. The number of alkyl halides is 3. The van der Waals surface area contributed by atoms with Crippen LogP contribution in [0.25, 0.3) is 0 Å². The van der Waals surface area contributed by atoms with Gasteiger partial charge in [-0.25, -0.2) is 9.37 Å². The molecular formula is C19H16ClF4N3O4S3. The smallest absolute Gasteiger partial charge is 0.387 e. The van der Waals surface area contributed by atoms with E-state index in [2.05, 4.69) is 42.9 Å². The maximum absolute atomic E-state index is 13.7. The summed E-state index contributed by atoms with van der Waals surface area (Å²) >= 11 is 18.1. The summed E-state index contributed by atoms with van der Waals surface area (Å²) in [5.41, 5.74) is -1.43. The fourth-order valence-corrected chi connectivity index (χ4v) is 4.22. The molecule has 0 bridgehead atoms. The molecule has 2 N–H and O–H groups in total. The summed E-state index contributed by atoms with van der Waals surface area (Å²) in [5.74, 6) is -3.89. The molecule has 34 heavy (non-hydrogen) atoms. The zero-order valence-corrected chi connectivity index (χ0v) is 20.3. The van der Waals surface area contributed by atoms with Gasteiger partial charge in [-0.2, -0.15) is 13.2 Å². The standard InChI is InChI=1S/C19H16ClF4N3O4S3/c1-7-4-8(18(22,23)24)5-12(25-7)26-13(14(28)15(29)17(26)31)16(30)27(19(32,33)34)9-2-3-11(21)10(20)6-9/h2-6,13-15,28-29,32-34H,1H3/t13-,14-,15-/m0/s1. The van der Waals surface area contributed by atoms with Crippen LogP contribution >= 0.6 is 49.5 Å². The summed E-state index contributed by atoms with van der Waals surface area (Å²) < 4.78 is 51.7. The summed E-state index contributed by atoms with van der Waals surface area (Å²) in [6, 6.07) is 2.30. The molecule has 184 valence electrons. The maximum Gasteiger partial charge on any atom is 0.416 e. The average molecular weight is 558 g/mol. The van der Waals surface area contributed by atoms with Crippen LogP contribution in [-0.2, 0) is 15.8 Å². The number of carbonyl (C=O) groups excluding carboxylic acids is 2. The zero-order chi connectivity index (χ0) is 25.7. The fourth-order valence-electron chi connectivity index (χ4n) is 3.41. The van der Waals surface area contributed by atoms with Crippen molar-refractivity contribution in [2.24, 2.45) is 0 Å². The monoisotopic (exact) mass is 557 g/mol. The fraction of sp³-hybridized carbons (Fsp3) is 0.316. The van der Waals surface area contributed by atoms with E-state index in [1.54, 1.807) is 0 Å². The number of nitrogens with zero attached hydrogens (tertiary/aromatic N) is 3. The van der Waals surface area contributed by atoms with Gasteiger partial charge in [0.05, 0.1) is 10.6 Å². The average Bonchev–Trinajstić information content (AvgIpc) is 2.92. The Morgan fingerprint density at radius 1 is 1.18 bits per heavy atom. The molecule has 2 heterocycles. The maximum atomic E-state index is 13.7. The number of thiol groups is 3. The lowest BCUT2D eigenvalue weighted by molar-refractivity contribution is -0.137. The summed E-state index contributed by atoms with van der Waals surface area (Å²) in [6.45, 7) is 1.23. The Balaban J connectivity index is 2.16. The molecule has 1 saturated heterocycles. The van der Waals surface area contributed by atoms with Gasteiger partial charge in [0.15, 0.2) is 9.64 Å². The van der Waals surface area contributed by atoms with Gasteiger partial charge in [-0.3, -0.25) is 19.4 Å². The second-order valence-corrected chi connectivity index (χ2v) is 10.7. The third kappa shape index (κ3) is 5.11. The van der Waals surface area contributed by atoms with Gasteiger partial charge in [-0.05, 0) is 37.3 Å². The third-order valence-corrected chi connectivity index (χ3v) is 5.75. The number of aliphatic hydroxyl groups is 2. The number of aliphatic hydroxyl groups excluding tert-OH is 2. The van der Waals surface area contributed by atoms with Crippen molar-refractivity contribution in [3.8, 4) is 0 Å². The molecule has 1 aromatic carbocycles. The number of hydrogen-bond acceptors (Lipinski definition) is 8. The lowest BCUT2D eigenvalue weighted by atomic mass is 10.1. The number of carbonyl (C=O) groups is 2. The summed E-state index contributed by atoms with van der Waals surface area (Å²) in [7, 11) is 0. The Morgan fingerprint density at radius 3 is 2.32 bits per heavy atom. The molecule has 1 aliphatic rings. The Labute approximate surface area is 211 Å².